The fourth-order valence-corrected chi connectivity index (χ4v) is 5.94. The van der Waals surface area contributed by atoms with Crippen LogP contribution in [0.15, 0.2) is 66.2 Å². The zero-order valence-corrected chi connectivity index (χ0v) is 23.6. The van der Waals surface area contributed by atoms with Gasteiger partial charge in [0.25, 0.3) is 5.78 Å². The molecule has 7 heteroatoms. The zero-order valence-electron chi connectivity index (χ0n) is 22.8. The van der Waals surface area contributed by atoms with Crippen LogP contribution in [0.2, 0.25) is 0 Å². The SMILES string of the molecule is CCCOc1ccc(/C(O)=C2\C(=O)C(=O)N(c3nc4ccc(C(C)C)cc4s3)C2c2cccc(C)c2)cc1C. The maximum absolute atomic E-state index is 13.6. The molecule has 0 radical (unpaired) electrons. The molecular formula is C32H32N2O4S. The van der Waals surface area contributed by atoms with Crippen molar-refractivity contribution in [2.45, 2.75) is 53.0 Å². The van der Waals surface area contributed by atoms with E-state index in [-0.39, 0.29) is 11.3 Å². The fraction of sp³-hybridized carbons (Fsp3) is 0.281. The third-order valence-electron chi connectivity index (χ3n) is 6.99. The fourth-order valence-electron chi connectivity index (χ4n) is 4.90. The predicted molar refractivity (Wildman–Crippen MR) is 157 cm³/mol. The first-order chi connectivity index (χ1) is 18.7. The number of aryl methyl sites for hydroxylation is 2. The summed E-state index contributed by atoms with van der Waals surface area (Å²) >= 11 is 1.38. The molecule has 1 atom stereocenters. The number of hydrogen-bond donors (Lipinski definition) is 1. The van der Waals surface area contributed by atoms with Crippen molar-refractivity contribution < 1.29 is 19.4 Å². The van der Waals surface area contributed by atoms with E-state index >= 15 is 0 Å². The number of amides is 1. The number of ether oxygens (including phenoxy) is 1. The monoisotopic (exact) mass is 540 g/mol. The lowest BCUT2D eigenvalue weighted by atomic mass is 9.94. The number of aromatic nitrogens is 1. The third kappa shape index (κ3) is 4.94. The highest BCUT2D eigenvalue weighted by atomic mass is 32.1. The Morgan fingerprint density at radius 3 is 2.56 bits per heavy atom. The van der Waals surface area contributed by atoms with Gasteiger partial charge in [0.2, 0.25) is 0 Å². The van der Waals surface area contributed by atoms with Crippen LogP contribution in [-0.4, -0.2) is 28.4 Å². The van der Waals surface area contributed by atoms with Gasteiger partial charge < -0.3 is 9.84 Å². The molecule has 1 aliphatic heterocycles. The molecule has 39 heavy (non-hydrogen) atoms. The Labute approximate surface area is 232 Å². The second-order valence-electron chi connectivity index (χ2n) is 10.3. The van der Waals surface area contributed by atoms with Gasteiger partial charge in [0.15, 0.2) is 5.13 Å². The van der Waals surface area contributed by atoms with Gasteiger partial charge in [-0.1, -0.05) is 68.0 Å². The van der Waals surface area contributed by atoms with Gasteiger partial charge in [-0.3, -0.25) is 14.5 Å². The highest BCUT2D eigenvalue weighted by Crippen LogP contribution is 2.45. The van der Waals surface area contributed by atoms with Crippen LogP contribution in [0.3, 0.4) is 0 Å². The number of fused-ring (bicyclic) bond motifs is 1. The van der Waals surface area contributed by atoms with Crippen molar-refractivity contribution in [3.63, 3.8) is 0 Å². The molecule has 1 amide bonds. The Balaban J connectivity index is 1.66. The van der Waals surface area contributed by atoms with Crippen LogP contribution < -0.4 is 9.64 Å². The largest absolute Gasteiger partial charge is 0.507 e. The van der Waals surface area contributed by atoms with Gasteiger partial charge in [0.05, 0.1) is 28.4 Å². The summed E-state index contributed by atoms with van der Waals surface area (Å²) in [6.07, 6.45) is 0.881. The Hall–Kier alpha value is -3.97. The molecule has 1 aromatic heterocycles. The predicted octanol–water partition coefficient (Wildman–Crippen LogP) is 7.45. The molecule has 3 aromatic carbocycles. The molecule has 0 aliphatic carbocycles. The lowest BCUT2D eigenvalue weighted by molar-refractivity contribution is -0.132. The number of rotatable bonds is 7. The molecule has 1 unspecified atom stereocenters. The summed E-state index contributed by atoms with van der Waals surface area (Å²) in [4.78, 5) is 33.3. The highest BCUT2D eigenvalue weighted by Gasteiger charge is 2.48. The van der Waals surface area contributed by atoms with Crippen LogP contribution >= 0.6 is 11.3 Å². The number of aliphatic hydroxyl groups excluding tert-OH is 1. The van der Waals surface area contributed by atoms with Gasteiger partial charge in [-0.2, -0.15) is 0 Å². The first-order valence-corrected chi connectivity index (χ1v) is 14.0. The minimum absolute atomic E-state index is 0.0503. The Bertz CT molecular complexity index is 1620. The van der Waals surface area contributed by atoms with Gasteiger partial charge in [-0.25, -0.2) is 4.98 Å². The summed E-state index contributed by atoms with van der Waals surface area (Å²) in [6.45, 7) is 10.7. The number of Topliss-reactive ketones (excluding diaryl/α,β-unsaturated/α-hetero) is 1. The molecule has 1 saturated heterocycles. The number of carbonyl (C=O) groups is 2. The van der Waals surface area contributed by atoms with E-state index in [1.165, 1.54) is 21.8 Å². The normalized spacial score (nSPS) is 17.0. The van der Waals surface area contributed by atoms with E-state index in [1.807, 2.05) is 57.2 Å². The maximum Gasteiger partial charge on any atom is 0.301 e. The van der Waals surface area contributed by atoms with Crippen molar-refractivity contribution in [2.24, 2.45) is 0 Å². The van der Waals surface area contributed by atoms with Crippen LogP contribution in [-0.2, 0) is 9.59 Å². The van der Waals surface area contributed by atoms with Crippen LogP contribution in [0.4, 0.5) is 5.13 Å². The van der Waals surface area contributed by atoms with Crippen molar-refractivity contribution in [1.82, 2.24) is 4.98 Å². The third-order valence-corrected chi connectivity index (χ3v) is 8.00. The van der Waals surface area contributed by atoms with Crippen molar-refractivity contribution in [3.05, 3.63) is 94.1 Å². The summed E-state index contributed by atoms with van der Waals surface area (Å²) in [5, 5.41) is 12.0. The summed E-state index contributed by atoms with van der Waals surface area (Å²) < 4.78 is 6.72. The topological polar surface area (TPSA) is 79.7 Å². The van der Waals surface area contributed by atoms with E-state index in [0.717, 1.165) is 39.1 Å². The van der Waals surface area contributed by atoms with Gasteiger partial charge in [0.1, 0.15) is 11.5 Å². The second-order valence-corrected chi connectivity index (χ2v) is 11.3. The van der Waals surface area contributed by atoms with E-state index in [0.29, 0.717) is 23.2 Å². The molecule has 0 saturated carbocycles. The summed E-state index contributed by atoms with van der Waals surface area (Å²) in [7, 11) is 0. The molecular weight excluding hydrogens is 508 g/mol. The van der Waals surface area contributed by atoms with E-state index in [2.05, 4.69) is 19.9 Å². The molecule has 4 aromatic rings. The van der Waals surface area contributed by atoms with Crippen LogP contribution in [0.5, 0.6) is 5.75 Å². The van der Waals surface area contributed by atoms with Crippen LogP contribution in [0.25, 0.3) is 16.0 Å². The molecule has 2 heterocycles. The quantitative estimate of drug-likeness (QED) is 0.150. The Morgan fingerprint density at radius 2 is 1.87 bits per heavy atom. The summed E-state index contributed by atoms with van der Waals surface area (Å²) in [6, 6.07) is 18.2. The van der Waals surface area contributed by atoms with Crippen LogP contribution in [0, 0.1) is 13.8 Å². The smallest absolute Gasteiger partial charge is 0.301 e. The average Bonchev–Trinajstić information content (AvgIpc) is 3.45. The average molecular weight is 541 g/mol. The lowest BCUT2D eigenvalue weighted by Gasteiger charge is -2.23. The molecule has 6 nitrogen and oxygen atoms in total. The molecule has 1 N–H and O–H groups in total. The molecule has 5 rings (SSSR count). The minimum Gasteiger partial charge on any atom is -0.507 e. The van der Waals surface area contributed by atoms with Gasteiger partial charge in [0, 0.05) is 5.56 Å². The van der Waals surface area contributed by atoms with Gasteiger partial charge >= 0.3 is 5.91 Å². The molecule has 200 valence electrons. The van der Waals surface area contributed by atoms with E-state index in [9.17, 15) is 14.7 Å². The van der Waals surface area contributed by atoms with E-state index in [4.69, 9.17) is 9.72 Å². The maximum atomic E-state index is 13.6. The van der Waals surface area contributed by atoms with E-state index < -0.39 is 17.7 Å². The van der Waals surface area contributed by atoms with Crippen molar-refractivity contribution in [3.8, 4) is 5.75 Å². The van der Waals surface area contributed by atoms with Crippen LogP contribution in [0.1, 0.15) is 67.0 Å². The molecule has 0 spiro atoms. The molecule has 0 bridgehead atoms. The Kier molecular flexibility index (Phi) is 7.28. The van der Waals surface area contributed by atoms with Gasteiger partial charge in [-0.05, 0) is 73.2 Å². The molecule has 1 aliphatic rings. The van der Waals surface area contributed by atoms with E-state index in [1.54, 1.807) is 18.2 Å². The summed E-state index contributed by atoms with van der Waals surface area (Å²) in [5.41, 5.74) is 5.00. The molecule has 1 fully saturated rings. The number of ketones is 1. The first-order valence-electron chi connectivity index (χ1n) is 13.2. The number of anilines is 1. The number of carbonyl (C=O) groups excluding carboxylic acids is 2. The van der Waals surface area contributed by atoms with Crippen molar-refractivity contribution in [1.29, 1.82) is 0 Å². The number of aliphatic hydroxyl groups is 1. The highest BCUT2D eigenvalue weighted by molar-refractivity contribution is 7.22. The lowest BCUT2D eigenvalue weighted by Crippen LogP contribution is -2.29. The number of nitrogens with zero attached hydrogens (tertiary/aromatic N) is 2. The second kappa shape index (κ2) is 10.7. The number of thiazole rings is 1. The first kappa shape index (κ1) is 26.6. The summed E-state index contributed by atoms with van der Waals surface area (Å²) in [5.74, 6) is -0.574. The standard InChI is InChI=1S/C32H32N2O4S/c1-6-14-38-25-13-11-23(16-20(25)5)29(35)27-28(22-9-7-8-19(4)15-22)34(31(37)30(27)36)32-33-24-12-10-21(18(2)3)17-26(24)39-32/h7-13,15-18,28,35H,6,14H2,1-5H3/b29-27+. The van der Waals surface area contributed by atoms with Crippen molar-refractivity contribution in [2.75, 3.05) is 11.5 Å². The zero-order chi connectivity index (χ0) is 27.8. The number of benzene rings is 3. The minimum atomic E-state index is -0.814. The van der Waals surface area contributed by atoms with Crippen molar-refractivity contribution >= 4 is 44.1 Å². The Morgan fingerprint density at radius 1 is 1.08 bits per heavy atom. The van der Waals surface area contributed by atoms with Gasteiger partial charge in [-0.15, -0.1) is 0 Å². The number of hydrogen-bond acceptors (Lipinski definition) is 6.